The Morgan fingerprint density at radius 3 is 1.27 bits per heavy atom. The first-order chi connectivity index (χ1) is 32.5. The van der Waals surface area contributed by atoms with E-state index in [1.165, 1.54) is 96.3 Å². The molecule has 6 heteroatoms. The molecular weight excluding hydrogens is 815 g/mol. The fraction of sp³-hybridized carbons (Fsp3) is 0.733. The summed E-state index contributed by atoms with van der Waals surface area (Å²) in [6, 6.07) is -0.721. The van der Waals surface area contributed by atoms with Crippen LogP contribution >= 0.6 is 0 Å². The van der Waals surface area contributed by atoms with Crippen LogP contribution in [0.5, 0.6) is 0 Å². The number of carbonyl (C=O) groups excluding carboxylic acids is 2. The maximum absolute atomic E-state index is 13.3. The number of amides is 1. The second kappa shape index (κ2) is 53.0. The average molecular weight is 921 g/mol. The number of allylic oxidation sites excluding steroid dienone is 14. The minimum Gasteiger partial charge on any atom is -0.462 e. The van der Waals surface area contributed by atoms with E-state index in [1.807, 2.05) is 0 Å². The van der Waals surface area contributed by atoms with Crippen LogP contribution in [-0.2, 0) is 14.3 Å². The number of aliphatic hydroxyl groups excluding tert-OH is 2. The van der Waals surface area contributed by atoms with Gasteiger partial charge in [-0.15, -0.1) is 0 Å². The number of unbranched alkanes of at least 4 members (excludes halogenated alkanes) is 23. The summed E-state index contributed by atoms with van der Waals surface area (Å²) in [7, 11) is 0. The molecule has 3 N–H and O–H groups in total. The summed E-state index contributed by atoms with van der Waals surface area (Å²) in [4.78, 5) is 26.2. The highest BCUT2D eigenvalue weighted by atomic mass is 16.5. The minimum absolute atomic E-state index is 0.0462. The number of esters is 1. The van der Waals surface area contributed by atoms with Crippen LogP contribution in [0.15, 0.2) is 85.1 Å². The summed E-state index contributed by atoms with van der Waals surface area (Å²) in [6.07, 6.45) is 69.2. The van der Waals surface area contributed by atoms with E-state index in [1.54, 1.807) is 0 Å². The summed E-state index contributed by atoms with van der Waals surface area (Å²) >= 11 is 0. The Hall–Kier alpha value is -2.96. The topological polar surface area (TPSA) is 95.9 Å². The molecule has 0 fully saturated rings. The summed E-state index contributed by atoms with van der Waals surface area (Å²) in [5.41, 5.74) is 0. The highest BCUT2D eigenvalue weighted by Crippen LogP contribution is 2.17. The lowest BCUT2D eigenvalue weighted by Crippen LogP contribution is -2.46. The van der Waals surface area contributed by atoms with Crippen molar-refractivity contribution < 1.29 is 24.5 Å². The Morgan fingerprint density at radius 2 is 0.818 bits per heavy atom. The third-order valence-corrected chi connectivity index (χ3v) is 12.2. The molecule has 0 aromatic heterocycles. The number of nitrogens with one attached hydrogen (secondary N) is 1. The molecule has 380 valence electrons. The van der Waals surface area contributed by atoms with E-state index in [0.717, 1.165) is 116 Å². The largest absolute Gasteiger partial charge is 0.462 e. The molecule has 0 heterocycles. The van der Waals surface area contributed by atoms with Crippen LogP contribution in [0.3, 0.4) is 0 Å². The van der Waals surface area contributed by atoms with E-state index >= 15 is 0 Å². The van der Waals surface area contributed by atoms with E-state index in [0.29, 0.717) is 19.3 Å². The van der Waals surface area contributed by atoms with E-state index in [2.05, 4.69) is 111 Å². The first-order valence-electron chi connectivity index (χ1n) is 27.8. The lowest BCUT2D eigenvalue weighted by atomic mass is 10.0. The van der Waals surface area contributed by atoms with Crippen molar-refractivity contribution in [1.29, 1.82) is 0 Å². The average Bonchev–Trinajstić information content (AvgIpc) is 3.31. The van der Waals surface area contributed by atoms with Crippen LogP contribution in [0.1, 0.15) is 258 Å². The Labute approximate surface area is 408 Å². The third-order valence-electron chi connectivity index (χ3n) is 12.2. The van der Waals surface area contributed by atoms with Gasteiger partial charge in [-0.3, -0.25) is 9.59 Å². The molecular formula is C60H105NO5. The third kappa shape index (κ3) is 47.5. The number of hydrogen-bond acceptors (Lipinski definition) is 5. The molecule has 0 saturated carbocycles. The normalized spacial score (nSPS) is 13.8. The van der Waals surface area contributed by atoms with Gasteiger partial charge in [-0.1, -0.05) is 228 Å². The van der Waals surface area contributed by atoms with Gasteiger partial charge in [-0.2, -0.15) is 0 Å². The number of rotatable bonds is 49. The summed E-state index contributed by atoms with van der Waals surface area (Å²) in [5, 5.41) is 23.8. The zero-order valence-electron chi connectivity index (χ0n) is 43.3. The molecule has 0 spiro atoms. The van der Waals surface area contributed by atoms with Crippen LogP contribution in [0.4, 0.5) is 0 Å². The molecule has 0 aromatic rings. The molecule has 0 aromatic carbocycles. The minimum atomic E-state index is -0.804. The van der Waals surface area contributed by atoms with E-state index < -0.39 is 18.2 Å². The van der Waals surface area contributed by atoms with Crippen molar-refractivity contribution in [3.05, 3.63) is 85.1 Å². The van der Waals surface area contributed by atoms with Gasteiger partial charge in [0.25, 0.3) is 0 Å². The van der Waals surface area contributed by atoms with Crippen LogP contribution in [0.2, 0.25) is 0 Å². The highest BCUT2D eigenvalue weighted by molar-refractivity contribution is 5.77. The van der Waals surface area contributed by atoms with Gasteiger partial charge in [0.2, 0.25) is 5.91 Å². The van der Waals surface area contributed by atoms with E-state index in [9.17, 15) is 19.8 Å². The Bertz CT molecular complexity index is 1260. The van der Waals surface area contributed by atoms with Gasteiger partial charge in [0.05, 0.1) is 25.2 Å². The van der Waals surface area contributed by atoms with Gasteiger partial charge in [-0.25, -0.2) is 0 Å². The van der Waals surface area contributed by atoms with Gasteiger partial charge in [0.1, 0.15) is 6.10 Å². The Kier molecular flexibility index (Phi) is 50.6. The molecule has 66 heavy (non-hydrogen) atoms. The predicted octanol–water partition coefficient (Wildman–Crippen LogP) is 17.1. The SMILES string of the molecule is CC/C=C/C/C=C/C/C=C/C/C=C/CCCCCC(=O)OC(CCCCCC/C=C\C/C=C\C/C=C\CCCCC)CC(=O)NC(CO)C(O)CCCCCCCCCCCCCCCC. The van der Waals surface area contributed by atoms with Crippen molar-refractivity contribution in [2.24, 2.45) is 0 Å². The van der Waals surface area contributed by atoms with Crippen LogP contribution in [-0.4, -0.2) is 46.9 Å². The summed E-state index contributed by atoms with van der Waals surface area (Å²) in [5.74, 6) is -0.533. The van der Waals surface area contributed by atoms with Crippen molar-refractivity contribution >= 4 is 11.9 Å². The summed E-state index contributed by atoms with van der Waals surface area (Å²) in [6.45, 7) is 6.34. The van der Waals surface area contributed by atoms with Crippen molar-refractivity contribution in [2.75, 3.05) is 6.61 Å². The van der Waals surface area contributed by atoms with Gasteiger partial charge in [-0.05, 0) is 103 Å². The maximum atomic E-state index is 13.3. The number of carbonyl (C=O) groups is 2. The molecule has 3 atom stereocenters. The first kappa shape index (κ1) is 63.0. The maximum Gasteiger partial charge on any atom is 0.306 e. The Balaban J connectivity index is 4.69. The van der Waals surface area contributed by atoms with Gasteiger partial charge in [0, 0.05) is 6.42 Å². The molecule has 6 nitrogen and oxygen atoms in total. The Morgan fingerprint density at radius 1 is 0.455 bits per heavy atom. The van der Waals surface area contributed by atoms with E-state index in [4.69, 9.17) is 4.74 Å². The molecule has 0 aliphatic carbocycles. The molecule has 3 unspecified atom stereocenters. The molecule has 0 saturated heterocycles. The zero-order valence-corrected chi connectivity index (χ0v) is 43.3. The second-order valence-electron chi connectivity index (χ2n) is 18.6. The molecule has 0 aliphatic rings. The standard InChI is InChI=1S/C60H105NO5/c1-4-7-10-13-16-19-22-25-28-30-31-33-36-39-42-45-48-51-56(66-60(65)53-50-47-44-41-38-35-32-29-26-23-20-17-14-11-8-5-2)54-59(64)61-57(55-62)58(63)52-49-46-43-40-37-34-27-24-21-18-15-12-9-6-3/h8,11,16-17,19-20,25-26,28-29,31,33,35,38,56-58,62-63H,4-7,9-10,12-15,18,21-24,27,30,32,34,36-37,39-55H2,1-3H3,(H,61,64)/b11-8+,19-16-,20-17+,28-25-,29-26+,33-31-,38-35+. The quantitative estimate of drug-likeness (QED) is 0.0321. The molecule has 1 amide bonds. The number of hydrogen-bond donors (Lipinski definition) is 3. The molecule has 0 radical (unpaired) electrons. The van der Waals surface area contributed by atoms with E-state index in [-0.39, 0.29) is 24.9 Å². The number of aliphatic hydroxyl groups is 2. The monoisotopic (exact) mass is 920 g/mol. The molecule has 0 aliphatic heterocycles. The smallest absolute Gasteiger partial charge is 0.306 e. The summed E-state index contributed by atoms with van der Waals surface area (Å²) < 4.78 is 5.93. The van der Waals surface area contributed by atoms with Crippen molar-refractivity contribution in [1.82, 2.24) is 5.32 Å². The lowest BCUT2D eigenvalue weighted by molar-refractivity contribution is -0.151. The molecule has 0 rings (SSSR count). The van der Waals surface area contributed by atoms with Crippen molar-refractivity contribution in [3.63, 3.8) is 0 Å². The van der Waals surface area contributed by atoms with Gasteiger partial charge in [0.15, 0.2) is 0 Å². The predicted molar refractivity (Wildman–Crippen MR) is 287 cm³/mol. The van der Waals surface area contributed by atoms with Crippen molar-refractivity contribution in [3.8, 4) is 0 Å². The van der Waals surface area contributed by atoms with Gasteiger partial charge >= 0.3 is 5.97 Å². The highest BCUT2D eigenvalue weighted by Gasteiger charge is 2.24. The van der Waals surface area contributed by atoms with Gasteiger partial charge < -0.3 is 20.3 Å². The lowest BCUT2D eigenvalue weighted by Gasteiger charge is -2.24. The fourth-order valence-corrected chi connectivity index (χ4v) is 8.02. The second-order valence-corrected chi connectivity index (χ2v) is 18.6. The van der Waals surface area contributed by atoms with Crippen molar-refractivity contribution in [2.45, 2.75) is 277 Å². The molecule has 0 bridgehead atoms. The van der Waals surface area contributed by atoms with Crippen LogP contribution in [0.25, 0.3) is 0 Å². The van der Waals surface area contributed by atoms with Crippen LogP contribution < -0.4 is 5.32 Å². The first-order valence-corrected chi connectivity index (χ1v) is 27.8. The zero-order chi connectivity index (χ0) is 48.1. The fourth-order valence-electron chi connectivity index (χ4n) is 8.02. The number of ether oxygens (including phenoxy) is 1. The van der Waals surface area contributed by atoms with Crippen LogP contribution in [0, 0.1) is 0 Å².